The zero-order chi connectivity index (χ0) is 21.8. The molecule has 6 nitrogen and oxygen atoms in total. The first-order valence-electron chi connectivity index (χ1n) is 11.0. The van der Waals surface area contributed by atoms with E-state index in [1.165, 1.54) is 6.42 Å². The SMILES string of the molecule is CC1(C)Cc2cccc(OCC(=O)NCc3ccc(C(=O)N4CCCCC4)cc3)c2O1. The number of fused-ring (bicyclic) bond motifs is 1. The number of nitrogens with one attached hydrogen (secondary N) is 1. The summed E-state index contributed by atoms with van der Waals surface area (Å²) in [5, 5.41) is 2.87. The van der Waals surface area contributed by atoms with E-state index in [2.05, 4.69) is 5.32 Å². The van der Waals surface area contributed by atoms with Gasteiger partial charge in [-0.1, -0.05) is 24.3 Å². The molecule has 1 saturated heterocycles. The number of rotatable bonds is 6. The molecule has 2 aliphatic heterocycles. The highest BCUT2D eigenvalue weighted by Crippen LogP contribution is 2.41. The second-order valence-corrected chi connectivity index (χ2v) is 8.90. The van der Waals surface area contributed by atoms with Crippen molar-refractivity contribution in [3.63, 3.8) is 0 Å². The van der Waals surface area contributed by atoms with Gasteiger partial charge in [-0.05, 0) is 56.9 Å². The summed E-state index contributed by atoms with van der Waals surface area (Å²) in [7, 11) is 0. The number of hydrogen-bond donors (Lipinski definition) is 1. The lowest BCUT2D eigenvalue weighted by Crippen LogP contribution is -2.35. The number of para-hydroxylation sites is 1. The number of amides is 2. The van der Waals surface area contributed by atoms with E-state index in [9.17, 15) is 9.59 Å². The molecule has 0 saturated carbocycles. The Morgan fingerprint density at radius 3 is 2.55 bits per heavy atom. The first-order chi connectivity index (χ1) is 14.9. The lowest BCUT2D eigenvalue weighted by atomic mass is 10.0. The summed E-state index contributed by atoms with van der Waals surface area (Å²) >= 11 is 0. The van der Waals surface area contributed by atoms with Crippen LogP contribution in [-0.4, -0.2) is 42.0 Å². The number of carbonyl (C=O) groups is 2. The smallest absolute Gasteiger partial charge is 0.258 e. The largest absolute Gasteiger partial charge is 0.483 e. The van der Waals surface area contributed by atoms with Gasteiger partial charge in [0.05, 0.1) is 0 Å². The van der Waals surface area contributed by atoms with E-state index in [0.717, 1.165) is 49.2 Å². The third-order valence-electron chi connectivity index (χ3n) is 5.75. The first-order valence-corrected chi connectivity index (χ1v) is 11.0. The van der Waals surface area contributed by atoms with Crippen LogP contribution in [0, 0.1) is 0 Å². The summed E-state index contributed by atoms with van der Waals surface area (Å²) in [4.78, 5) is 26.7. The molecule has 0 spiro atoms. The highest BCUT2D eigenvalue weighted by Gasteiger charge is 2.32. The zero-order valence-corrected chi connectivity index (χ0v) is 18.3. The maximum absolute atomic E-state index is 12.5. The molecule has 1 N–H and O–H groups in total. The predicted octanol–water partition coefficient (Wildman–Crippen LogP) is 3.72. The number of hydrogen-bond acceptors (Lipinski definition) is 4. The van der Waals surface area contributed by atoms with E-state index >= 15 is 0 Å². The molecule has 0 aliphatic carbocycles. The Kier molecular flexibility index (Phi) is 6.16. The van der Waals surface area contributed by atoms with Crippen molar-refractivity contribution >= 4 is 11.8 Å². The minimum Gasteiger partial charge on any atom is -0.483 e. The van der Waals surface area contributed by atoms with Crippen LogP contribution in [0.3, 0.4) is 0 Å². The molecule has 0 radical (unpaired) electrons. The molecule has 31 heavy (non-hydrogen) atoms. The van der Waals surface area contributed by atoms with Gasteiger partial charge < -0.3 is 19.7 Å². The van der Waals surface area contributed by atoms with Crippen molar-refractivity contribution in [1.29, 1.82) is 0 Å². The van der Waals surface area contributed by atoms with E-state index in [-0.39, 0.29) is 24.0 Å². The molecule has 2 heterocycles. The molecule has 1 fully saturated rings. The van der Waals surface area contributed by atoms with Crippen molar-refractivity contribution in [2.24, 2.45) is 0 Å². The second kappa shape index (κ2) is 9.00. The molecule has 2 aliphatic rings. The topological polar surface area (TPSA) is 67.9 Å². The maximum atomic E-state index is 12.5. The molecule has 4 rings (SSSR count). The Balaban J connectivity index is 1.26. The summed E-state index contributed by atoms with van der Waals surface area (Å²) < 4.78 is 11.7. The van der Waals surface area contributed by atoms with Gasteiger partial charge in [0.25, 0.3) is 11.8 Å². The van der Waals surface area contributed by atoms with Crippen LogP contribution in [0.15, 0.2) is 42.5 Å². The van der Waals surface area contributed by atoms with Gasteiger partial charge in [-0.25, -0.2) is 0 Å². The van der Waals surface area contributed by atoms with Gasteiger partial charge in [-0.3, -0.25) is 9.59 Å². The summed E-state index contributed by atoms with van der Waals surface area (Å²) in [6.07, 6.45) is 4.17. The quantitative estimate of drug-likeness (QED) is 0.770. The maximum Gasteiger partial charge on any atom is 0.258 e. The molecule has 2 amide bonds. The Hall–Kier alpha value is -3.02. The van der Waals surface area contributed by atoms with Crippen LogP contribution in [0.25, 0.3) is 0 Å². The number of ether oxygens (including phenoxy) is 2. The summed E-state index contributed by atoms with van der Waals surface area (Å²) in [5.74, 6) is 1.21. The Labute approximate surface area is 183 Å². The van der Waals surface area contributed by atoms with E-state index in [1.807, 2.05) is 61.2 Å². The minimum absolute atomic E-state index is 0.0776. The van der Waals surface area contributed by atoms with Gasteiger partial charge in [-0.15, -0.1) is 0 Å². The normalized spacial score (nSPS) is 16.9. The van der Waals surface area contributed by atoms with E-state index in [4.69, 9.17) is 9.47 Å². The van der Waals surface area contributed by atoms with Crippen molar-refractivity contribution in [3.05, 3.63) is 59.2 Å². The number of likely N-dealkylation sites (tertiary alicyclic amines) is 1. The standard InChI is InChI=1S/C25H30N2O4/c1-25(2)15-20-7-6-8-21(23(20)31-25)30-17-22(28)26-16-18-9-11-19(12-10-18)24(29)27-13-4-3-5-14-27/h6-12H,3-5,13-17H2,1-2H3,(H,26,28). The van der Waals surface area contributed by atoms with Gasteiger partial charge >= 0.3 is 0 Å². The fraction of sp³-hybridized carbons (Fsp3) is 0.440. The molecule has 0 unspecified atom stereocenters. The molecule has 2 aromatic carbocycles. The highest BCUT2D eigenvalue weighted by atomic mass is 16.5. The van der Waals surface area contributed by atoms with Crippen LogP contribution < -0.4 is 14.8 Å². The number of carbonyl (C=O) groups excluding carboxylic acids is 2. The van der Waals surface area contributed by atoms with Crippen molar-refractivity contribution in [3.8, 4) is 11.5 Å². The molecular formula is C25H30N2O4. The highest BCUT2D eigenvalue weighted by molar-refractivity contribution is 5.94. The van der Waals surface area contributed by atoms with E-state index < -0.39 is 0 Å². The third-order valence-corrected chi connectivity index (χ3v) is 5.75. The van der Waals surface area contributed by atoms with Gasteiger partial charge in [0.1, 0.15) is 5.60 Å². The molecule has 164 valence electrons. The lowest BCUT2D eigenvalue weighted by Gasteiger charge is -2.26. The Morgan fingerprint density at radius 2 is 1.81 bits per heavy atom. The van der Waals surface area contributed by atoms with Gasteiger partial charge in [-0.2, -0.15) is 0 Å². The summed E-state index contributed by atoms with van der Waals surface area (Å²) in [6, 6.07) is 13.2. The summed E-state index contributed by atoms with van der Waals surface area (Å²) in [5.41, 5.74) is 2.48. The van der Waals surface area contributed by atoms with Gasteiger partial charge in [0.2, 0.25) is 0 Å². The molecule has 0 bridgehead atoms. The van der Waals surface area contributed by atoms with Crippen molar-refractivity contribution in [2.75, 3.05) is 19.7 Å². The number of piperidine rings is 1. The summed E-state index contributed by atoms with van der Waals surface area (Å²) in [6.45, 7) is 6.06. The first kappa shape index (κ1) is 21.2. The number of benzene rings is 2. The van der Waals surface area contributed by atoms with Crippen molar-refractivity contribution in [2.45, 2.75) is 51.7 Å². The van der Waals surface area contributed by atoms with Crippen LogP contribution in [-0.2, 0) is 17.8 Å². The Morgan fingerprint density at radius 1 is 1.06 bits per heavy atom. The molecular weight excluding hydrogens is 392 g/mol. The monoisotopic (exact) mass is 422 g/mol. The Bertz CT molecular complexity index is 946. The van der Waals surface area contributed by atoms with Crippen LogP contribution in [0.1, 0.15) is 54.6 Å². The van der Waals surface area contributed by atoms with Gasteiger partial charge in [0, 0.05) is 37.2 Å². The van der Waals surface area contributed by atoms with Crippen LogP contribution in [0.5, 0.6) is 11.5 Å². The molecule has 2 aromatic rings. The minimum atomic E-state index is -0.258. The average molecular weight is 423 g/mol. The number of nitrogens with zero attached hydrogens (tertiary/aromatic N) is 1. The average Bonchev–Trinajstić information content (AvgIpc) is 3.11. The fourth-order valence-corrected chi connectivity index (χ4v) is 4.14. The van der Waals surface area contributed by atoms with Crippen LogP contribution >= 0.6 is 0 Å². The van der Waals surface area contributed by atoms with Gasteiger partial charge in [0.15, 0.2) is 18.1 Å². The predicted molar refractivity (Wildman–Crippen MR) is 118 cm³/mol. The van der Waals surface area contributed by atoms with Crippen LogP contribution in [0.4, 0.5) is 0 Å². The fourth-order valence-electron chi connectivity index (χ4n) is 4.14. The van der Waals surface area contributed by atoms with E-state index in [0.29, 0.717) is 17.9 Å². The third kappa shape index (κ3) is 5.19. The molecule has 6 heteroatoms. The van der Waals surface area contributed by atoms with Crippen LogP contribution in [0.2, 0.25) is 0 Å². The lowest BCUT2D eigenvalue weighted by molar-refractivity contribution is -0.123. The van der Waals surface area contributed by atoms with Crippen molar-refractivity contribution < 1.29 is 19.1 Å². The zero-order valence-electron chi connectivity index (χ0n) is 18.3. The molecule has 0 atom stereocenters. The van der Waals surface area contributed by atoms with Crippen molar-refractivity contribution in [1.82, 2.24) is 10.2 Å². The second-order valence-electron chi connectivity index (χ2n) is 8.90. The van der Waals surface area contributed by atoms with E-state index in [1.54, 1.807) is 0 Å². The molecule has 0 aromatic heterocycles.